The normalized spacial score (nSPS) is 10.4. The van der Waals surface area contributed by atoms with E-state index in [-0.39, 0.29) is 0 Å². The Balaban J connectivity index is 2.36. The lowest BCUT2D eigenvalue weighted by Gasteiger charge is -2.09. The lowest BCUT2D eigenvalue weighted by atomic mass is 10.2. The van der Waals surface area contributed by atoms with Gasteiger partial charge in [-0.25, -0.2) is 4.98 Å². The first kappa shape index (κ1) is 13.2. The molecule has 1 aromatic carbocycles. The maximum atomic E-state index is 5.56. The number of nitrogens with zero attached hydrogens (tertiary/aromatic N) is 1. The Labute approximate surface area is 116 Å². The van der Waals surface area contributed by atoms with Crippen molar-refractivity contribution >= 4 is 24.0 Å². The lowest BCUT2D eigenvalue weighted by molar-refractivity contribution is 0.311. The Morgan fingerprint density at radius 3 is 2.78 bits per heavy atom. The van der Waals surface area contributed by atoms with Gasteiger partial charge in [-0.05, 0) is 25.1 Å². The molecule has 18 heavy (non-hydrogen) atoms. The van der Waals surface area contributed by atoms with Crippen LogP contribution in [0.3, 0.4) is 0 Å². The van der Waals surface area contributed by atoms with Gasteiger partial charge in [0.15, 0.2) is 11.5 Å². The molecule has 1 aromatic heterocycles. The minimum atomic E-state index is 0.611. The first-order chi connectivity index (χ1) is 8.78. The van der Waals surface area contributed by atoms with E-state index < -0.39 is 0 Å². The second-order valence-electron chi connectivity index (χ2n) is 3.59. The number of rotatable bonds is 5. The molecule has 2 aromatic rings. The summed E-state index contributed by atoms with van der Waals surface area (Å²) in [6.07, 6.45) is 1.86. The fourth-order valence-corrected chi connectivity index (χ4v) is 2.64. The van der Waals surface area contributed by atoms with E-state index in [1.807, 2.05) is 31.3 Å². The van der Waals surface area contributed by atoms with E-state index in [9.17, 15) is 0 Å². The van der Waals surface area contributed by atoms with Crippen molar-refractivity contribution < 1.29 is 9.47 Å². The molecule has 0 unspecified atom stereocenters. The van der Waals surface area contributed by atoms with E-state index in [0.717, 1.165) is 26.9 Å². The van der Waals surface area contributed by atoms with Crippen LogP contribution in [0.25, 0.3) is 10.6 Å². The minimum Gasteiger partial charge on any atom is -0.493 e. The van der Waals surface area contributed by atoms with E-state index in [0.29, 0.717) is 12.4 Å². The molecule has 0 aliphatic carbocycles. The van der Waals surface area contributed by atoms with Gasteiger partial charge in [-0.2, -0.15) is 12.6 Å². The number of thiazole rings is 1. The van der Waals surface area contributed by atoms with Crippen LogP contribution in [-0.2, 0) is 5.75 Å². The largest absolute Gasteiger partial charge is 0.493 e. The van der Waals surface area contributed by atoms with Crippen LogP contribution in [0, 0.1) is 0 Å². The zero-order chi connectivity index (χ0) is 13.0. The second-order valence-corrected chi connectivity index (χ2v) is 5.02. The van der Waals surface area contributed by atoms with Gasteiger partial charge < -0.3 is 9.47 Å². The van der Waals surface area contributed by atoms with Crippen LogP contribution in [0.5, 0.6) is 11.5 Å². The van der Waals surface area contributed by atoms with Crippen LogP contribution in [-0.4, -0.2) is 18.7 Å². The van der Waals surface area contributed by atoms with E-state index in [4.69, 9.17) is 9.47 Å². The van der Waals surface area contributed by atoms with E-state index in [2.05, 4.69) is 17.6 Å². The summed E-state index contributed by atoms with van der Waals surface area (Å²) >= 11 is 5.89. The Kier molecular flexibility index (Phi) is 4.49. The first-order valence-corrected chi connectivity index (χ1v) is 7.10. The molecule has 0 bridgehead atoms. The Hall–Kier alpha value is -1.20. The van der Waals surface area contributed by atoms with Crippen molar-refractivity contribution in [1.82, 2.24) is 4.98 Å². The molecule has 3 nitrogen and oxygen atoms in total. The third-order valence-corrected chi connectivity index (χ3v) is 4.02. The molecule has 1 heterocycles. The van der Waals surface area contributed by atoms with Crippen LogP contribution in [0.1, 0.15) is 11.8 Å². The van der Waals surface area contributed by atoms with Crippen LogP contribution < -0.4 is 9.47 Å². The molecule has 0 amide bonds. The van der Waals surface area contributed by atoms with Gasteiger partial charge in [0.2, 0.25) is 0 Å². The standard InChI is InChI=1S/C13H15NO2S2/c1-3-16-12-6-9(4-5-11(12)15-2)13-14-7-10(8-17)18-13/h4-7,17H,3,8H2,1-2H3. The molecular weight excluding hydrogens is 266 g/mol. The third-order valence-electron chi connectivity index (χ3n) is 2.42. The number of ether oxygens (including phenoxy) is 2. The fraction of sp³-hybridized carbons (Fsp3) is 0.308. The average molecular weight is 281 g/mol. The van der Waals surface area contributed by atoms with Crippen molar-refractivity contribution in [1.29, 1.82) is 0 Å². The summed E-state index contributed by atoms with van der Waals surface area (Å²) in [6, 6.07) is 5.86. The van der Waals surface area contributed by atoms with Gasteiger partial charge in [-0.15, -0.1) is 11.3 Å². The molecular formula is C13H15NO2S2. The number of methoxy groups -OCH3 is 1. The summed E-state index contributed by atoms with van der Waals surface area (Å²) in [5.41, 5.74) is 1.04. The van der Waals surface area contributed by atoms with Gasteiger partial charge in [-0.3, -0.25) is 0 Å². The van der Waals surface area contributed by atoms with Crippen molar-refractivity contribution in [3.8, 4) is 22.1 Å². The maximum absolute atomic E-state index is 5.56. The highest BCUT2D eigenvalue weighted by Gasteiger charge is 2.09. The molecule has 2 rings (SSSR count). The number of hydrogen-bond donors (Lipinski definition) is 1. The van der Waals surface area contributed by atoms with Crippen molar-refractivity contribution in [2.75, 3.05) is 13.7 Å². The van der Waals surface area contributed by atoms with Crippen LogP contribution in [0.2, 0.25) is 0 Å². The zero-order valence-corrected chi connectivity index (χ0v) is 12.1. The molecule has 0 radical (unpaired) electrons. The predicted octanol–water partition coefficient (Wildman–Crippen LogP) is 3.65. The number of hydrogen-bond acceptors (Lipinski definition) is 5. The quantitative estimate of drug-likeness (QED) is 0.849. The minimum absolute atomic E-state index is 0.611. The Morgan fingerprint density at radius 1 is 1.33 bits per heavy atom. The van der Waals surface area contributed by atoms with E-state index >= 15 is 0 Å². The Morgan fingerprint density at radius 2 is 2.17 bits per heavy atom. The molecule has 0 N–H and O–H groups in total. The molecule has 0 atom stereocenters. The van der Waals surface area contributed by atoms with Gasteiger partial charge in [0.1, 0.15) is 5.01 Å². The second kappa shape index (κ2) is 6.11. The fourth-order valence-electron chi connectivity index (χ4n) is 1.59. The van der Waals surface area contributed by atoms with Crippen molar-refractivity contribution in [2.24, 2.45) is 0 Å². The molecule has 0 fully saturated rings. The van der Waals surface area contributed by atoms with Gasteiger partial charge in [0.05, 0.1) is 13.7 Å². The van der Waals surface area contributed by atoms with Crippen LogP contribution in [0.15, 0.2) is 24.4 Å². The molecule has 0 saturated carbocycles. The van der Waals surface area contributed by atoms with Crippen molar-refractivity contribution in [2.45, 2.75) is 12.7 Å². The summed E-state index contributed by atoms with van der Waals surface area (Å²) < 4.78 is 10.8. The molecule has 0 aliphatic rings. The van der Waals surface area contributed by atoms with Gasteiger partial charge in [0, 0.05) is 22.4 Å². The highest BCUT2D eigenvalue weighted by molar-refractivity contribution is 7.79. The maximum Gasteiger partial charge on any atom is 0.161 e. The topological polar surface area (TPSA) is 31.4 Å². The van der Waals surface area contributed by atoms with Gasteiger partial charge in [-0.1, -0.05) is 0 Å². The molecule has 0 spiro atoms. The summed E-state index contributed by atoms with van der Waals surface area (Å²) in [6.45, 7) is 2.56. The molecule has 96 valence electrons. The summed E-state index contributed by atoms with van der Waals surface area (Å²) in [7, 11) is 1.64. The van der Waals surface area contributed by atoms with E-state index in [1.54, 1.807) is 18.4 Å². The zero-order valence-electron chi connectivity index (χ0n) is 10.3. The monoisotopic (exact) mass is 281 g/mol. The molecule has 0 saturated heterocycles. The number of thiol groups is 1. The predicted molar refractivity (Wildman–Crippen MR) is 78.0 cm³/mol. The van der Waals surface area contributed by atoms with Crippen molar-refractivity contribution in [3.63, 3.8) is 0 Å². The SMILES string of the molecule is CCOc1cc(-c2ncc(CS)s2)ccc1OC. The number of benzene rings is 1. The van der Waals surface area contributed by atoms with E-state index in [1.165, 1.54) is 0 Å². The Bertz CT molecular complexity index is 525. The average Bonchev–Trinajstić information content (AvgIpc) is 2.88. The highest BCUT2D eigenvalue weighted by Crippen LogP contribution is 2.34. The highest BCUT2D eigenvalue weighted by atomic mass is 32.1. The van der Waals surface area contributed by atoms with Crippen LogP contribution in [0.4, 0.5) is 0 Å². The summed E-state index contributed by atoms with van der Waals surface area (Å²) in [5.74, 6) is 2.21. The third kappa shape index (κ3) is 2.79. The summed E-state index contributed by atoms with van der Waals surface area (Å²) in [4.78, 5) is 5.54. The first-order valence-electron chi connectivity index (χ1n) is 5.65. The van der Waals surface area contributed by atoms with Crippen LogP contribution >= 0.6 is 24.0 Å². The summed E-state index contributed by atoms with van der Waals surface area (Å²) in [5, 5.41) is 0.975. The van der Waals surface area contributed by atoms with Gasteiger partial charge in [0.25, 0.3) is 0 Å². The van der Waals surface area contributed by atoms with Gasteiger partial charge >= 0.3 is 0 Å². The smallest absolute Gasteiger partial charge is 0.161 e. The number of aromatic nitrogens is 1. The molecule has 0 aliphatic heterocycles. The lowest BCUT2D eigenvalue weighted by Crippen LogP contribution is -1.95. The van der Waals surface area contributed by atoms with Crippen molar-refractivity contribution in [3.05, 3.63) is 29.3 Å². The molecule has 5 heteroatoms.